The van der Waals surface area contributed by atoms with E-state index in [9.17, 15) is 23.6 Å². The highest BCUT2D eigenvalue weighted by Crippen LogP contribution is 2.30. The van der Waals surface area contributed by atoms with Gasteiger partial charge in [0.25, 0.3) is 0 Å². The fraction of sp³-hybridized carbons (Fsp3) is 0.467. The summed E-state index contributed by atoms with van der Waals surface area (Å²) in [6.07, 6.45) is 0.287. The maximum absolute atomic E-state index is 14.6. The van der Waals surface area contributed by atoms with Gasteiger partial charge in [-0.25, -0.2) is 4.39 Å². The number of anilines is 1. The van der Waals surface area contributed by atoms with E-state index in [2.05, 4.69) is 22.5 Å². The van der Waals surface area contributed by atoms with Crippen LogP contribution in [-0.4, -0.2) is 89.7 Å². The molecule has 4 N–H and O–H groups in total. The van der Waals surface area contributed by atoms with Crippen LogP contribution in [0.2, 0.25) is 10.0 Å². The van der Waals surface area contributed by atoms with Crippen molar-refractivity contribution in [3.8, 4) is 0 Å². The molecular formula is C30H37Cl2FN6O4. The fourth-order valence-electron chi connectivity index (χ4n) is 5.36. The minimum atomic E-state index is -1.11. The molecule has 1 unspecified atom stereocenters. The number of nitrogens with zero attached hydrogens (tertiary/aromatic N) is 3. The number of piperazine rings is 1. The zero-order chi connectivity index (χ0) is 31.3. The van der Waals surface area contributed by atoms with Gasteiger partial charge in [-0.05, 0) is 50.2 Å². The molecule has 43 heavy (non-hydrogen) atoms. The lowest BCUT2D eigenvalue weighted by Gasteiger charge is -2.38. The molecule has 3 atom stereocenters. The summed E-state index contributed by atoms with van der Waals surface area (Å²) in [6.45, 7) is 4.27. The Hall–Kier alpha value is -3.25. The van der Waals surface area contributed by atoms with Crippen molar-refractivity contribution in [3.63, 3.8) is 0 Å². The van der Waals surface area contributed by atoms with Crippen molar-refractivity contribution in [1.29, 1.82) is 0 Å². The molecule has 0 aliphatic carbocycles. The van der Waals surface area contributed by atoms with Crippen LogP contribution in [0.25, 0.3) is 0 Å². The Morgan fingerprint density at radius 2 is 1.74 bits per heavy atom. The molecule has 2 aromatic carbocycles. The summed E-state index contributed by atoms with van der Waals surface area (Å²) in [5, 5.41) is 4.80. The molecule has 232 valence electrons. The van der Waals surface area contributed by atoms with Gasteiger partial charge in [0.1, 0.15) is 12.1 Å². The summed E-state index contributed by atoms with van der Waals surface area (Å²) in [4.78, 5) is 58.6. The van der Waals surface area contributed by atoms with E-state index in [0.29, 0.717) is 13.1 Å². The first kappa shape index (κ1) is 32.7. The van der Waals surface area contributed by atoms with Crippen LogP contribution in [0.4, 0.5) is 10.1 Å². The maximum atomic E-state index is 14.6. The van der Waals surface area contributed by atoms with Gasteiger partial charge >= 0.3 is 0 Å². The molecule has 0 spiro atoms. The van der Waals surface area contributed by atoms with Crippen molar-refractivity contribution >= 4 is 52.5 Å². The number of fused-ring (bicyclic) bond motifs is 1. The highest BCUT2D eigenvalue weighted by Gasteiger charge is 2.36. The van der Waals surface area contributed by atoms with Gasteiger partial charge in [-0.3, -0.25) is 19.2 Å². The summed E-state index contributed by atoms with van der Waals surface area (Å²) in [5.74, 6) is -2.58. The smallest absolute Gasteiger partial charge is 0.247 e. The summed E-state index contributed by atoms with van der Waals surface area (Å²) in [7, 11) is 2.02. The molecule has 10 nitrogen and oxygen atoms in total. The Labute approximate surface area is 260 Å². The maximum Gasteiger partial charge on any atom is 0.247 e. The van der Waals surface area contributed by atoms with Crippen molar-refractivity contribution in [1.82, 2.24) is 20.0 Å². The van der Waals surface area contributed by atoms with Crippen molar-refractivity contribution in [2.45, 2.75) is 57.3 Å². The molecule has 4 rings (SSSR count). The number of carbonyl (C=O) groups is 4. The number of carbonyl (C=O) groups excluding carboxylic acids is 4. The Morgan fingerprint density at radius 3 is 2.44 bits per heavy atom. The van der Waals surface area contributed by atoms with Crippen molar-refractivity contribution < 1.29 is 23.6 Å². The van der Waals surface area contributed by atoms with E-state index in [1.165, 1.54) is 17.0 Å². The topological polar surface area (TPSA) is 128 Å². The number of nitrogens with two attached hydrogens (primary N) is 1. The van der Waals surface area contributed by atoms with Gasteiger partial charge in [0.2, 0.25) is 23.6 Å². The molecular weight excluding hydrogens is 598 g/mol. The summed E-state index contributed by atoms with van der Waals surface area (Å²) < 4.78 is 14.6. The third-order valence-electron chi connectivity index (χ3n) is 8.12. The second kappa shape index (κ2) is 14.5. The lowest BCUT2D eigenvalue weighted by atomic mass is 9.92. The average molecular weight is 636 g/mol. The molecule has 2 aromatic rings. The average Bonchev–Trinajstić information content (AvgIpc) is 3.00. The SMILES string of the molecule is CC1CN(C(=O)CCC(=O)N2Cc3ccccc3C[C@H]2C(=O)N[C@@H](CCN)C(=O)Nc2ccc(Cl)c(Cl)c2F)CCN1C. The standard InChI is InChI=1S/C30H37Cl2FN6O4/c1-18-16-38(14-13-37(18)2)25(40)9-10-26(41)39-17-20-6-4-3-5-19(20)15-24(39)30(43)36-23(11-12-34)29(42)35-22-8-7-21(31)27(32)28(22)33/h3-8,18,23-24H,9-17,34H2,1-2H3,(H,35,42)(H,36,43)/t18?,23-,24-/m0/s1. The van der Waals surface area contributed by atoms with Crippen LogP contribution in [0.1, 0.15) is 37.3 Å². The number of benzene rings is 2. The zero-order valence-electron chi connectivity index (χ0n) is 24.2. The molecule has 2 aliphatic heterocycles. The van der Waals surface area contributed by atoms with Gasteiger partial charge < -0.3 is 31.1 Å². The minimum absolute atomic E-state index is 0.00824. The van der Waals surface area contributed by atoms with Gasteiger partial charge in [-0.1, -0.05) is 47.5 Å². The van der Waals surface area contributed by atoms with Gasteiger partial charge in [0.15, 0.2) is 5.82 Å². The normalized spacial score (nSPS) is 19.4. The second-order valence-electron chi connectivity index (χ2n) is 11.0. The van der Waals surface area contributed by atoms with Crippen molar-refractivity contribution in [2.24, 2.45) is 5.73 Å². The highest BCUT2D eigenvalue weighted by atomic mass is 35.5. The van der Waals surface area contributed by atoms with Crippen LogP contribution < -0.4 is 16.4 Å². The predicted molar refractivity (Wildman–Crippen MR) is 163 cm³/mol. The van der Waals surface area contributed by atoms with Gasteiger partial charge in [-0.2, -0.15) is 0 Å². The molecule has 1 saturated heterocycles. The number of hydrogen-bond acceptors (Lipinski definition) is 6. The third kappa shape index (κ3) is 7.83. The summed E-state index contributed by atoms with van der Waals surface area (Å²) in [5.41, 5.74) is 7.35. The minimum Gasteiger partial charge on any atom is -0.342 e. The second-order valence-corrected chi connectivity index (χ2v) is 11.8. The lowest BCUT2D eigenvalue weighted by Crippen LogP contribution is -2.56. The first-order valence-electron chi connectivity index (χ1n) is 14.3. The molecule has 2 aliphatic rings. The first-order chi connectivity index (χ1) is 20.5. The van der Waals surface area contributed by atoms with Crippen LogP contribution in [0.5, 0.6) is 0 Å². The van der Waals surface area contributed by atoms with E-state index in [4.69, 9.17) is 28.9 Å². The van der Waals surface area contributed by atoms with Gasteiger partial charge in [-0.15, -0.1) is 0 Å². The fourth-order valence-corrected chi connectivity index (χ4v) is 5.67. The van der Waals surface area contributed by atoms with Crippen LogP contribution in [0.15, 0.2) is 36.4 Å². The number of rotatable bonds is 9. The predicted octanol–water partition coefficient (Wildman–Crippen LogP) is 2.80. The Morgan fingerprint density at radius 1 is 1.05 bits per heavy atom. The molecule has 4 amide bonds. The van der Waals surface area contributed by atoms with E-state index in [1.807, 2.05) is 31.3 Å². The molecule has 13 heteroatoms. The summed E-state index contributed by atoms with van der Waals surface area (Å²) in [6, 6.07) is 8.33. The van der Waals surface area contributed by atoms with Gasteiger partial charge in [0, 0.05) is 51.5 Å². The van der Waals surface area contributed by atoms with E-state index < -0.39 is 29.7 Å². The highest BCUT2D eigenvalue weighted by molar-refractivity contribution is 6.42. The summed E-state index contributed by atoms with van der Waals surface area (Å²) >= 11 is 11.7. The van der Waals surface area contributed by atoms with Crippen molar-refractivity contribution in [2.75, 3.05) is 38.5 Å². The van der Waals surface area contributed by atoms with Crippen molar-refractivity contribution in [3.05, 3.63) is 63.4 Å². The monoisotopic (exact) mass is 634 g/mol. The number of likely N-dealkylation sites (N-methyl/N-ethyl adjacent to an activating group) is 1. The van der Waals surface area contributed by atoms with E-state index >= 15 is 0 Å². The Kier molecular flexibility index (Phi) is 11.0. The number of hydrogen-bond donors (Lipinski definition) is 3. The zero-order valence-corrected chi connectivity index (χ0v) is 25.8. The first-order valence-corrected chi connectivity index (χ1v) is 15.0. The number of nitrogens with one attached hydrogen (secondary N) is 2. The van der Waals surface area contributed by atoms with E-state index in [-0.39, 0.29) is 72.4 Å². The number of amides is 4. The molecule has 1 fully saturated rings. The van der Waals surface area contributed by atoms with E-state index in [0.717, 1.165) is 17.7 Å². The Bertz CT molecular complexity index is 1380. The molecule has 2 heterocycles. The van der Waals surface area contributed by atoms with Crippen LogP contribution in [-0.2, 0) is 32.1 Å². The largest absolute Gasteiger partial charge is 0.342 e. The van der Waals surface area contributed by atoms with Crippen LogP contribution in [0, 0.1) is 5.82 Å². The lowest BCUT2D eigenvalue weighted by molar-refractivity contribution is -0.144. The molecule has 0 bridgehead atoms. The van der Waals surface area contributed by atoms with Crippen LogP contribution >= 0.6 is 23.2 Å². The van der Waals surface area contributed by atoms with E-state index in [1.54, 1.807) is 4.90 Å². The third-order valence-corrected chi connectivity index (χ3v) is 8.90. The molecule has 0 aromatic heterocycles. The van der Waals surface area contributed by atoms with Crippen LogP contribution in [0.3, 0.4) is 0 Å². The molecule has 0 saturated carbocycles. The molecule has 0 radical (unpaired) electrons. The quantitative estimate of drug-likeness (QED) is 0.364. The number of halogens is 3. The Balaban J connectivity index is 1.47. The van der Waals surface area contributed by atoms with Gasteiger partial charge in [0.05, 0.1) is 15.7 Å².